The number of hydrogen-bond acceptors (Lipinski definition) is 5. The average Bonchev–Trinajstić information content (AvgIpc) is 2.74. The van der Waals surface area contributed by atoms with Crippen molar-refractivity contribution in [3.8, 4) is 22.8 Å². The Morgan fingerprint density at radius 1 is 0.935 bits per heavy atom. The predicted molar refractivity (Wildman–Crippen MR) is 113 cm³/mol. The first-order valence-corrected chi connectivity index (χ1v) is 9.35. The SMILES string of the molecule is COc1cccc2cc(-c3ncnc(Nc4ccc(OC(F)(F)F)cc4)c3C)ccc12. The van der Waals surface area contributed by atoms with Crippen molar-refractivity contribution in [2.45, 2.75) is 13.3 Å². The van der Waals surface area contributed by atoms with Gasteiger partial charge in [-0.05, 0) is 54.8 Å². The van der Waals surface area contributed by atoms with Crippen LogP contribution in [0.4, 0.5) is 24.7 Å². The van der Waals surface area contributed by atoms with E-state index in [-0.39, 0.29) is 5.75 Å². The second kappa shape index (κ2) is 8.14. The highest BCUT2D eigenvalue weighted by Gasteiger charge is 2.30. The standard InChI is InChI=1S/C23H18F3N3O2/c1-14-21(16-6-11-19-15(12-16)4-3-5-20(19)30-2)27-13-28-22(14)29-17-7-9-18(10-8-17)31-23(24,25)26/h3-13H,1-2H3,(H,27,28,29). The maximum Gasteiger partial charge on any atom is 0.573 e. The summed E-state index contributed by atoms with van der Waals surface area (Å²) in [6, 6.07) is 17.3. The molecule has 0 saturated carbocycles. The minimum atomic E-state index is -4.73. The lowest BCUT2D eigenvalue weighted by Crippen LogP contribution is -2.17. The number of anilines is 2. The molecule has 0 radical (unpaired) electrons. The summed E-state index contributed by atoms with van der Waals surface area (Å²) in [5.74, 6) is 1.06. The van der Waals surface area contributed by atoms with E-state index in [4.69, 9.17) is 4.74 Å². The molecule has 0 aliphatic rings. The van der Waals surface area contributed by atoms with Crippen LogP contribution in [0, 0.1) is 6.92 Å². The molecule has 158 valence electrons. The Morgan fingerprint density at radius 3 is 2.42 bits per heavy atom. The molecule has 0 aliphatic heterocycles. The number of ether oxygens (including phenoxy) is 2. The summed E-state index contributed by atoms with van der Waals surface area (Å²) in [5.41, 5.74) is 3.04. The van der Waals surface area contributed by atoms with Crippen LogP contribution < -0.4 is 14.8 Å². The lowest BCUT2D eigenvalue weighted by Gasteiger charge is -2.13. The van der Waals surface area contributed by atoms with Crippen molar-refractivity contribution >= 4 is 22.3 Å². The van der Waals surface area contributed by atoms with Gasteiger partial charge in [0.1, 0.15) is 23.6 Å². The van der Waals surface area contributed by atoms with Crippen LogP contribution in [0.5, 0.6) is 11.5 Å². The Bertz CT molecular complexity index is 1230. The molecular formula is C23H18F3N3O2. The fraction of sp³-hybridized carbons (Fsp3) is 0.130. The van der Waals surface area contributed by atoms with Crippen molar-refractivity contribution in [3.05, 3.63) is 72.6 Å². The molecule has 31 heavy (non-hydrogen) atoms. The molecule has 4 aromatic rings. The van der Waals surface area contributed by atoms with Crippen LogP contribution in [0.1, 0.15) is 5.56 Å². The van der Waals surface area contributed by atoms with E-state index >= 15 is 0 Å². The monoisotopic (exact) mass is 425 g/mol. The van der Waals surface area contributed by atoms with Gasteiger partial charge in [-0.15, -0.1) is 13.2 Å². The fourth-order valence-electron chi connectivity index (χ4n) is 3.32. The molecule has 0 fully saturated rings. The van der Waals surface area contributed by atoms with E-state index in [9.17, 15) is 13.2 Å². The van der Waals surface area contributed by atoms with Gasteiger partial charge in [0.05, 0.1) is 12.8 Å². The fourth-order valence-corrected chi connectivity index (χ4v) is 3.32. The summed E-state index contributed by atoms with van der Waals surface area (Å²) in [4.78, 5) is 8.71. The van der Waals surface area contributed by atoms with Gasteiger partial charge in [0.25, 0.3) is 0 Å². The maximum absolute atomic E-state index is 12.3. The Morgan fingerprint density at radius 2 is 1.71 bits per heavy atom. The summed E-state index contributed by atoms with van der Waals surface area (Å²) < 4.78 is 46.3. The zero-order chi connectivity index (χ0) is 22.0. The van der Waals surface area contributed by atoms with Crippen molar-refractivity contribution in [2.24, 2.45) is 0 Å². The van der Waals surface area contributed by atoms with E-state index < -0.39 is 6.36 Å². The van der Waals surface area contributed by atoms with Crippen LogP contribution >= 0.6 is 0 Å². The Labute approximate surface area is 176 Å². The van der Waals surface area contributed by atoms with Crippen LogP contribution in [-0.2, 0) is 0 Å². The maximum atomic E-state index is 12.3. The third-order valence-corrected chi connectivity index (χ3v) is 4.77. The van der Waals surface area contributed by atoms with E-state index in [0.717, 1.165) is 33.3 Å². The van der Waals surface area contributed by atoms with Crippen LogP contribution in [0.15, 0.2) is 67.0 Å². The number of methoxy groups -OCH3 is 1. The first kappa shape index (κ1) is 20.5. The molecule has 0 aliphatic carbocycles. The quantitative estimate of drug-likeness (QED) is 0.409. The van der Waals surface area contributed by atoms with Gasteiger partial charge in [-0.2, -0.15) is 0 Å². The van der Waals surface area contributed by atoms with Crippen LogP contribution in [-0.4, -0.2) is 23.4 Å². The number of halogens is 3. The molecule has 1 heterocycles. The van der Waals surface area contributed by atoms with Crippen molar-refractivity contribution in [3.63, 3.8) is 0 Å². The largest absolute Gasteiger partial charge is 0.573 e. The van der Waals surface area contributed by atoms with E-state index in [1.165, 1.54) is 30.6 Å². The molecule has 0 amide bonds. The highest BCUT2D eigenvalue weighted by Crippen LogP contribution is 2.32. The number of fused-ring (bicyclic) bond motifs is 1. The van der Waals surface area contributed by atoms with Gasteiger partial charge in [0.15, 0.2) is 0 Å². The number of benzene rings is 3. The number of nitrogens with one attached hydrogen (secondary N) is 1. The van der Waals surface area contributed by atoms with Crippen LogP contribution in [0.2, 0.25) is 0 Å². The number of nitrogens with zero attached hydrogens (tertiary/aromatic N) is 2. The Balaban J connectivity index is 1.62. The first-order valence-electron chi connectivity index (χ1n) is 9.35. The van der Waals surface area contributed by atoms with Gasteiger partial charge in [0.2, 0.25) is 0 Å². The minimum absolute atomic E-state index is 0.287. The lowest BCUT2D eigenvalue weighted by atomic mass is 10.0. The van der Waals surface area contributed by atoms with Gasteiger partial charge in [-0.1, -0.05) is 18.2 Å². The second-order valence-corrected chi connectivity index (χ2v) is 6.79. The molecule has 0 unspecified atom stereocenters. The van der Waals surface area contributed by atoms with Gasteiger partial charge in [-0.25, -0.2) is 9.97 Å². The topological polar surface area (TPSA) is 56.3 Å². The predicted octanol–water partition coefficient (Wildman–Crippen LogP) is 6.26. The van der Waals surface area contributed by atoms with Gasteiger partial charge >= 0.3 is 6.36 Å². The second-order valence-electron chi connectivity index (χ2n) is 6.79. The van der Waals surface area contributed by atoms with Crippen molar-refractivity contribution in [1.29, 1.82) is 0 Å². The van der Waals surface area contributed by atoms with E-state index in [1.54, 1.807) is 7.11 Å². The van der Waals surface area contributed by atoms with Gasteiger partial charge in [-0.3, -0.25) is 0 Å². The number of hydrogen-bond donors (Lipinski definition) is 1. The molecule has 1 N–H and O–H groups in total. The first-order chi connectivity index (χ1) is 14.8. The smallest absolute Gasteiger partial charge is 0.496 e. The van der Waals surface area contributed by atoms with Crippen LogP contribution in [0.25, 0.3) is 22.0 Å². The molecule has 3 aromatic carbocycles. The molecule has 0 spiro atoms. The molecule has 5 nitrogen and oxygen atoms in total. The van der Waals surface area contributed by atoms with Crippen molar-refractivity contribution in [1.82, 2.24) is 9.97 Å². The van der Waals surface area contributed by atoms with Gasteiger partial charge in [0, 0.05) is 22.2 Å². The third kappa shape index (κ3) is 4.53. The Kier molecular flexibility index (Phi) is 5.37. The molecule has 0 saturated heterocycles. The average molecular weight is 425 g/mol. The number of rotatable bonds is 5. The number of aromatic nitrogens is 2. The third-order valence-electron chi connectivity index (χ3n) is 4.77. The molecule has 0 atom stereocenters. The summed E-state index contributed by atoms with van der Waals surface area (Å²) in [6.45, 7) is 1.88. The minimum Gasteiger partial charge on any atom is -0.496 e. The zero-order valence-corrected chi connectivity index (χ0v) is 16.7. The van der Waals surface area contributed by atoms with Crippen molar-refractivity contribution < 1.29 is 22.6 Å². The highest BCUT2D eigenvalue weighted by atomic mass is 19.4. The van der Waals surface area contributed by atoms with E-state index in [1.807, 2.05) is 43.3 Å². The summed E-state index contributed by atoms with van der Waals surface area (Å²) in [7, 11) is 1.64. The molecule has 0 bridgehead atoms. The van der Waals surface area contributed by atoms with Gasteiger partial charge < -0.3 is 14.8 Å². The molecule has 4 rings (SSSR count). The normalized spacial score (nSPS) is 11.4. The number of alkyl halides is 3. The van der Waals surface area contributed by atoms with E-state index in [2.05, 4.69) is 20.0 Å². The van der Waals surface area contributed by atoms with Crippen LogP contribution in [0.3, 0.4) is 0 Å². The lowest BCUT2D eigenvalue weighted by molar-refractivity contribution is -0.274. The summed E-state index contributed by atoms with van der Waals surface area (Å²) in [5, 5.41) is 5.14. The Hall–Kier alpha value is -3.81. The molecule has 8 heteroatoms. The summed E-state index contributed by atoms with van der Waals surface area (Å²) >= 11 is 0. The molecular weight excluding hydrogens is 407 g/mol. The molecule has 1 aromatic heterocycles. The zero-order valence-electron chi connectivity index (χ0n) is 16.7. The summed E-state index contributed by atoms with van der Waals surface area (Å²) in [6.07, 6.45) is -3.28. The van der Waals surface area contributed by atoms with Crippen molar-refractivity contribution in [2.75, 3.05) is 12.4 Å². The highest BCUT2D eigenvalue weighted by molar-refractivity contribution is 5.92. The van der Waals surface area contributed by atoms with E-state index in [0.29, 0.717) is 11.5 Å².